The second-order valence-electron chi connectivity index (χ2n) is 7.59. The van der Waals surface area contributed by atoms with E-state index in [2.05, 4.69) is 17.4 Å². The second kappa shape index (κ2) is 8.04. The van der Waals surface area contributed by atoms with Crippen molar-refractivity contribution >= 4 is 35.1 Å². The highest BCUT2D eigenvalue weighted by Gasteiger charge is 2.29. The van der Waals surface area contributed by atoms with Crippen molar-refractivity contribution in [2.75, 3.05) is 11.9 Å². The van der Waals surface area contributed by atoms with Gasteiger partial charge in [-0.15, -0.1) is 11.8 Å². The van der Waals surface area contributed by atoms with Crippen molar-refractivity contribution in [1.82, 2.24) is 0 Å². The van der Waals surface area contributed by atoms with Crippen molar-refractivity contribution in [3.63, 3.8) is 0 Å². The smallest absolute Gasteiger partial charge is 0.307 e. The molecule has 1 heterocycles. The number of anilines is 1. The van der Waals surface area contributed by atoms with Crippen molar-refractivity contribution in [2.45, 2.75) is 23.0 Å². The van der Waals surface area contributed by atoms with Gasteiger partial charge in [-0.3, -0.25) is 14.4 Å². The maximum absolute atomic E-state index is 12.6. The molecule has 0 fully saturated rings. The van der Waals surface area contributed by atoms with Crippen LogP contribution in [0.5, 0.6) is 0 Å². The van der Waals surface area contributed by atoms with E-state index >= 15 is 0 Å². The molecule has 0 radical (unpaired) electrons. The summed E-state index contributed by atoms with van der Waals surface area (Å²) in [5, 5.41) is 2.23. The molecule has 6 heteroatoms. The third-order valence-electron chi connectivity index (χ3n) is 5.54. The number of esters is 1. The molecule has 0 aromatic heterocycles. The molecule has 3 aromatic carbocycles. The maximum atomic E-state index is 12.6. The third kappa shape index (κ3) is 3.86. The zero-order valence-electron chi connectivity index (χ0n) is 16.6. The van der Waals surface area contributed by atoms with Crippen LogP contribution in [0.3, 0.4) is 0 Å². The average molecular weight is 429 g/mol. The number of ketones is 1. The molecule has 1 atom stereocenters. The standard InChI is InChI=1S/C25H19NO4S/c27-21(16-9-10-19-17(12-16)11-15-5-1-2-6-18(15)19)14-30-24(28)13-23-25(29)26-20-7-3-4-8-22(20)31-23/h1-10,12,23H,11,13-14H2,(H,26,29)/t23-/m0/s1. The van der Waals surface area contributed by atoms with Gasteiger partial charge in [-0.1, -0.05) is 48.5 Å². The van der Waals surface area contributed by atoms with E-state index in [0.29, 0.717) is 5.56 Å². The van der Waals surface area contributed by atoms with Crippen LogP contribution < -0.4 is 5.32 Å². The predicted octanol–water partition coefficient (Wildman–Crippen LogP) is 4.49. The van der Waals surface area contributed by atoms with Crippen LogP contribution in [-0.2, 0) is 20.7 Å². The van der Waals surface area contributed by atoms with Gasteiger partial charge in [0, 0.05) is 10.5 Å². The molecule has 1 aliphatic carbocycles. The van der Waals surface area contributed by atoms with E-state index in [0.717, 1.165) is 28.1 Å². The average Bonchev–Trinajstić information content (AvgIpc) is 3.16. The Labute approximate surface area is 183 Å². The van der Waals surface area contributed by atoms with Gasteiger partial charge in [-0.2, -0.15) is 0 Å². The van der Waals surface area contributed by atoms with E-state index in [9.17, 15) is 14.4 Å². The Kier molecular flexibility index (Phi) is 5.08. The second-order valence-corrected chi connectivity index (χ2v) is 8.83. The number of carbonyl (C=O) groups excluding carboxylic acids is 3. The van der Waals surface area contributed by atoms with Gasteiger partial charge in [0.05, 0.1) is 17.4 Å². The zero-order valence-corrected chi connectivity index (χ0v) is 17.4. The summed E-state index contributed by atoms with van der Waals surface area (Å²) in [5.41, 5.74) is 5.97. The number of thioether (sulfide) groups is 1. The molecule has 0 bridgehead atoms. The molecule has 0 spiro atoms. The Balaban J connectivity index is 1.19. The fraction of sp³-hybridized carbons (Fsp3) is 0.160. The van der Waals surface area contributed by atoms with Crippen LogP contribution >= 0.6 is 11.8 Å². The molecule has 2 aliphatic rings. The van der Waals surface area contributed by atoms with Crippen LogP contribution in [0.15, 0.2) is 71.6 Å². The normalized spacial score (nSPS) is 16.0. The molecular weight excluding hydrogens is 410 g/mol. The van der Waals surface area contributed by atoms with E-state index in [1.54, 1.807) is 6.07 Å². The summed E-state index contributed by atoms with van der Waals surface area (Å²) in [4.78, 5) is 38.0. The highest BCUT2D eigenvalue weighted by atomic mass is 32.2. The molecule has 1 N–H and O–H groups in total. The summed E-state index contributed by atoms with van der Waals surface area (Å²) >= 11 is 1.33. The minimum atomic E-state index is -0.573. The summed E-state index contributed by atoms with van der Waals surface area (Å²) in [6.45, 7) is -0.333. The molecule has 0 saturated carbocycles. The first-order valence-corrected chi connectivity index (χ1v) is 10.9. The number of para-hydroxylation sites is 1. The number of ether oxygens (including phenoxy) is 1. The quantitative estimate of drug-likeness (QED) is 0.374. The van der Waals surface area contributed by atoms with E-state index in [-0.39, 0.29) is 24.7 Å². The lowest BCUT2D eigenvalue weighted by Crippen LogP contribution is -2.31. The maximum Gasteiger partial charge on any atom is 0.307 e. The largest absolute Gasteiger partial charge is 0.457 e. The highest BCUT2D eigenvalue weighted by molar-refractivity contribution is 8.01. The number of amides is 1. The first-order chi connectivity index (χ1) is 15.1. The lowest BCUT2D eigenvalue weighted by Gasteiger charge is -2.23. The Bertz CT molecular complexity index is 1220. The van der Waals surface area contributed by atoms with Crippen molar-refractivity contribution in [3.05, 3.63) is 83.4 Å². The first kappa shape index (κ1) is 19.6. The Morgan fingerprint density at radius 3 is 2.65 bits per heavy atom. The van der Waals surface area contributed by atoms with Crippen molar-refractivity contribution in [1.29, 1.82) is 0 Å². The van der Waals surface area contributed by atoms with Gasteiger partial charge in [-0.05, 0) is 46.9 Å². The third-order valence-corrected chi connectivity index (χ3v) is 6.81. The number of nitrogens with one attached hydrogen (secondary N) is 1. The number of carbonyl (C=O) groups is 3. The van der Waals surface area contributed by atoms with E-state index < -0.39 is 11.2 Å². The SMILES string of the molecule is O=C(C[C@@H]1Sc2ccccc2NC1=O)OCC(=O)c1ccc2c(c1)Cc1ccccc1-2. The summed E-state index contributed by atoms with van der Waals surface area (Å²) in [6.07, 6.45) is 0.708. The molecule has 31 heavy (non-hydrogen) atoms. The van der Waals surface area contributed by atoms with Crippen LogP contribution in [-0.4, -0.2) is 29.5 Å². The predicted molar refractivity (Wildman–Crippen MR) is 119 cm³/mol. The topological polar surface area (TPSA) is 72.5 Å². The van der Waals surface area contributed by atoms with Crippen molar-refractivity contribution in [3.8, 4) is 11.1 Å². The molecular formula is C25H19NO4S. The molecule has 1 amide bonds. The van der Waals surface area contributed by atoms with Gasteiger partial charge in [0.25, 0.3) is 0 Å². The zero-order chi connectivity index (χ0) is 21.4. The van der Waals surface area contributed by atoms with E-state index in [4.69, 9.17) is 4.74 Å². The number of rotatable bonds is 5. The molecule has 0 unspecified atom stereocenters. The molecule has 3 aromatic rings. The lowest BCUT2D eigenvalue weighted by atomic mass is 10.0. The van der Waals surface area contributed by atoms with Gasteiger partial charge in [0.2, 0.25) is 5.91 Å². The highest BCUT2D eigenvalue weighted by Crippen LogP contribution is 2.37. The lowest BCUT2D eigenvalue weighted by molar-refractivity contribution is -0.143. The Morgan fingerprint density at radius 1 is 0.968 bits per heavy atom. The molecule has 5 nitrogen and oxygen atoms in total. The number of fused-ring (bicyclic) bond motifs is 4. The van der Waals surface area contributed by atoms with Crippen LogP contribution in [0.2, 0.25) is 0 Å². The summed E-state index contributed by atoms with van der Waals surface area (Å²) < 4.78 is 5.20. The monoisotopic (exact) mass is 429 g/mol. The van der Waals surface area contributed by atoms with Gasteiger partial charge in [0.15, 0.2) is 12.4 Å². The number of Topliss-reactive ketones (excluding diaryl/α,β-unsaturated/α-hetero) is 1. The Hall–Kier alpha value is -3.38. The van der Waals surface area contributed by atoms with Gasteiger partial charge in [0.1, 0.15) is 0 Å². The molecule has 1 aliphatic heterocycles. The van der Waals surface area contributed by atoms with Gasteiger partial charge < -0.3 is 10.1 Å². The van der Waals surface area contributed by atoms with Crippen LogP contribution in [0.1, 0.15) is 27.9 Å². The van der Waals surface area contributed by atoms with Crippen LogP contribution in [0.4, 0.5) is 5.69 Å². The fourth-order valence-electron chi connectivity index (χ4n) is 3.99. The molecule has 154 valence electrons. The van der Waals surface area contributed by atoms with Crippen molar-refractivity contribution < 1.29 is 19.1 Å². The van der Waals surface area contributed by atoms with E-state index in [1.807, 2.05) is 48.5 Å². The van der Waals surface area contributed by atoms with Gasteiger partial charge >= 0.3 is 5.97 Å². The molecule has 0 saturated heterocycles. The number of hydrogen-bond acceptors (Lipinski definition) is 5. The minimum Gasteiger partial charge on any atom is -0.457 e. The van der Waals surface area contributed by atoms with E-state index in [1.165, 1.54) is 22.9 Å². The number of benzene rings is 3. The molecule has 5 rings (SSSR count). The minimum absolute atomic E-state index is 0.0857. The number of hydrogen-bond donors (Lipinski definition) is 1. The first-order valence-electron chi connectivity index (χ1n) is 10.0. The van der Waals surface area contributed by atoms with Gasteiger partial charge in [-0.25, -0.2) is 0 Å². The van der Waals surface area contributed by atoms with Crippen LogP contribution in [0, 0.1) is 0 Å². The van der Waals surface area contributed by atoms with Crippen molar-refractivity contribution in [2.24, 2.45) is 0 Å². The summed E-state index contributed by atoms with van der Waals surface area (Å²) in [5.74, 6) is -1.04. The van der Waals surface area contributed by atoms with Crippen LogP contribution in [0.25, 0.3) is 11.1 Å². The Morgan fingerprint density at radius 2 is 1.74 bits per heavy atom. The summed E-state index contributed by atoms with van der Waals surface area (Å²) in [6, 6.07) is 21.3. The summed E-state index contributed by atoms with van der Waals surface area (Å²) in [7, 11) is 0. The fourth-order valence-corrected chi connectivity index (χ4v) is 5.08.